The predicted octanol–water partition coefficient (Wildman–Crippen LogP) is 1.97. The van der Waals surface area contributed by atoms with Gasteiger partial charge in [0.2, 0.25) is 0 Å². The number of rotatable bonds is 3. The first-order valence-corrected chi connectivity index (χ1v) is 4.56. The molecule has 2 unspecified atom stereocenters. The molecule has 1 aromatic rings. The van der Waals surface area contributed by atoms with Gasteiger partial charge in [-0.2, -0.15) is 0 Å². The van der Waals surface area contributed by atoms with Crippen molar-refractivity contribution in [3.63, 3.8) is 0 Å². The van der Waals surface area contributed by atoms with Crippen LogP contribution in [0.15, 0.2) is 18.2 Å². The lowest BCUT2D eigenvalue weighted by Crippen LogP contribution is -2.06. The zero-order valence-corrected chi connectivity index (χ0v) is 8.21. The summed E-state index contributed by atoms with van der Waals surface area (Å²) in [6.45, 7) is 3.01. The average Bonchev–Trinajstić information content (AvgIpc) is 2.15. The summed E-state index contributed by atoms with van der Waals surface area (Å²) in [6.07, 6.45) is -1.18. The van der Waals surface area contributed by atoms with Crippen molar-refractivity contribution in [3.05, 3.63) is 42.1 Å². The van der Waals surface area contributed by atoms with Gasteiger partial charge in [0, 0.05) is 5.56 Å². The topological polar surface area (TPSA) is 40.5 Å². The Morgan fingerprint density at radius 3 is 2.64 bits per heavy atom. The lowest BCUT2D eigenvalue weighted by Gasteiger charge is -2.15. The predicted molar refractivity (Wildman–Crippen MR) is 52.4 cm³/mol. The normalized spacial score (nSPS) is 15.2. The van der Waals surface area contributed by atoms with Crippen LogP contribution >= 0.6 is 11.6 Å². The Hall–Kier alpha value is -0.640. The fourth-order valence-electron chi connectivity index (χ4n) is 1.28. The molecule has 14 heavy (non-hydrogen) atoms. The van der Waals surface area contributed by atoms with Crippen LogP contribution in [0, 0.1) is 12.7 Å². The summed E-state index contributed by atoms with van der Waals surface area (Å²) in [5.41, 5.74) is 0.415. The van der Waals surface area contributed by atoms with E-state index in [1.54, 1.807) is 6.07 Å². The summed E-state index contributed by atoms with van der Waals surface area (Å²) in [4.78, 5) is 0. The first kappa shape index (κ1) is 11.4. The van der Waals surface area contributed by atoms with Crippen LogP contribution in [0.4, 0.5) is 4.39 Å². The SMILES string of the molecule is [CH2]C(O)c1c(F)cccc1C(Cl)CO. The zero-order chi connectivity index (χ0) is 10.7. The Bertz CT molecular complexity index is 315. The van der Waals surface area contributed by atoms with Crippen molar-refractivity contribution in [2.24, 2.45) is 0 Å². The van der Waals surface area contributed by atoms with Gasteiger partial charge in [-0.05, 0) is 18.6 Å². The second kappa shape index (κ2) is 4.73. The average molecular weight is 218 g/mol. The van der Waals surface area contributed by atoms with E-state index < -0.39 is 17.3 Å². The lowest BCUT2D eigenvalue weighted by molar-refractivity contribution is 0.217. The number of hydrogen-bond acceptors (Lipinski definition) is 2. The van der Waals surface area contributed by atoms with Crippen LogP contribution in [0.2, 0.25) is 0 Å². The number of aliphatic hydroxyl groups excluding tert-OH is 2. The number of hydrogen-bond donors (Lipinski definition) is 2. The molecule has 0 fully saturated rings. The maximum absolute atomic E-state index is 13.3. The van der Waals surface area contributed by atoms with Crippen LogP contribution in [0.3, 0.4) is 0 Å². The molecule has 0 aromatic heterocycles. The smallest absolute Gasteiger partial charge is 0.129 e. The second-order valence-corrected chi connectivity index (χ2v) is 3.44. The molecular formula is C10H11ClFO2. The van der Waals surface area contributed by atoms with Gasteiger partial charge in [-0.25, -0.2) is 4.39 Å². The monoisotopic (exact) mass is 217 g/mol. The van der Waals surface area contributed by atoms with Gasteiger partial charge in [-0.1, -0.05) is 12.1 Å². The van der Waals surface area contributed by atoms with Crippen LogP contribution in [0.25, 0.3) is 0 Å². The molecule has 0 saturated heterocycles. The molecule has 0 aliphatic rings. The highest BCUT2D eigenvalue weighted by molar-refractivity contribution is 6.21. The van der Waals surface area contributed by atoms with Crippen molar-refractivity contribution in [1.82, 2.24) is 0 Å². The first-order chi connectivity index (χ1) is 6.57. The van der Waals surface area contributed by atoms with E-state index in [1.165, 1.54) is 12.1 Å². The summed E-state index contributed by atoms with van der Waals surface area (Å²) in [5.74, 6) is -0.566. The zero-order valence-electron chi connectivity index (χ0n) is 7.45. The van der Waals surface area contributed by atoms with Gasteiger partial charge in [0.15, 0.2) is 0 Å². The third-order valence-electron chi connectivity index (χ3n) is 1.92. The van der Waals surface area contributed by atoms with Crippen molar-refractivity contribution in [3.8, 4) is 0 Å². The fourth-order valence-corrected chi connectivity index (χ4v) is 1.47. The van der Waals surface area contributed by atoms with E-state index in [0.717, 1.165) is 0 Å². The van der Waals surface area contributed by atoms with E-state index in [1.807, 2.05) is 0 Å². The van der Waals surface area contributed by atoms with Crippen molar-refractivity contribution < 1.29 is 14.6 Å². The van der Waals surface area contributed by atoms with Crippen molar-refractivity contribution in [2.75, 3.05) is 6.61 Å². The Morgan fingerprint density at radius 1 is 1.50 bits per heavy atom. The van der Waals surface area contributed by atoms with Gasteiger partial charge in [0.05, 0.1) is 18.1 Å². The molecule has 2 nitrogen and oxygen atoms in total. The molecule has 1 aromatic carbocycles. The molecule has 0 heterocycles. The molecule has 1 radical (unpaired) electrons. The Labute approximate surface area is 86.9 Å². The second-order valence-electron chi connectivity index (χ2n) is 2.91. The minimum absolute atomic E-state index is 0.0431. The highest BCUT2D eigenvalue weighted by atomic mass is 35.5. The van der Waals surface area contributed by atoms with Gasteiger partial charge in [0.1, 0.15) is 5.82 Å². The summed E-state index contributed by atoms with van der Waals surface area (Å²) in [6, 6.07) is 4.25. The van der Waals surface area contributed by atoms with E-state index in [4.69, 9.17) is 16.7 Å². The first-order valence-electron chi connectivity index (χ1n) is 4.12. The van der Waals surface area contributed by atoms with E-state index in [0.29, 0.717) is 5.56 Å². The Kier molecular flexibility index (Phi) is 3.86. The van der Waals surface area contributed by atoms with Crippen LogP contribution in [-0.2, 0) is 0 Å². The lowest BCUT2D eigenvalue weighted by atomic mass is 10.00. The third kappa shape index (κ3) is 2.23. The highest BCUT2D eigenvalue weighted by Gasteiger charge is 2.18. The number of halogens is 2. The van der Waals surface area contributed by atoms with Gasteiger partial charge in [-0.3, -0.25) is 0 Å². The van der Waals surface area contributed by atoms with Crippen molar-refractivity contribution in [2.45, 2.75) is 11.5 Å². The van der Waals surface area contributed by atoms with Crippen LogP contribution in [-0.4, -0.2) is 16.8 Å². The highest BCUT2D eigenvalue weighted by Crippen LogP contribution is 2.29. The fraction of sp³-hybridized carbons (Fsp3) is 0.300. The summed E-state index contributed by atoms with van der Waals surface area (Å²) in [5, 5.41) is 17.3. The summed E-state index contributed by atoms with van der Waals surface area (Å²) in [7, 11) is 0. The van der Waals surface area contributed by atoms with Gasteiger partial charge in [0.25, 0.3) is 0 Å². The largest absolute Gasteiger partial charge is 0.394 e. The number of aliphatic hydroxyl groups is 2. The van der Waals surface area contributed by atoms with Crippen LogP contribution < -0.4 is 0 Å². The van der Waals surface area contributed by atoms with E-state index in [9.17, 15) is 9.50 Å². The standard InChI is InChI=1S/C10H11ClFO2/c1-6(14)10-7(8(11)5-13)3-2-4-9(10)12/h2-4,6,8,13-14H,1,5H2. The molecule has 0 aliphatic heterocycles. The molecule has 77 valence electrons. The molecule has 0 saturated carbocycles. The van der Waals surface area contributed by atoms with Gasteiger partial charge in [-0.15, -0.1) is 11.6 Å². The van der Waals surface area contributed by atoms with Crippen molar-refractivity contribution in [1.29, 1.82) is 0 Å². The van der Waals surface area contributed by atoms with E-state index >= 15 is 0 Å². The van der Waals surface area contributed by atoms with Crippen LogP contribution in [0.5, 0.6) is 0 Å². The third-order valence-corrected chi connectivity index (χ3v) is 2.29. The quantitative estimate of drug-likeness (QED) is 0.760. The maximum Gasteiger partial charge on any atom is 0.129 e. The van der Waals surface area contributed by atoms with E-state index in [2.05, 4.69) is 6.92 Å². The summed E-state index contributed by atoms with van der Waals surface area (Å²) < 4.78 is 13.3. The number of benzene rings is 1. The Balaban J connectivity index is 3.21. The molecule has 2 N–H and O–H groups in total. The number of alkyl halides is 1. The molecule has 0 bridgehead atoms. The van der Waals surface area contributed by atoms with Gasteiger partial charge < -0.3 is 10.2 Å². The summed E-state index contributed by atoms with van der Waals surface area (Å²) >= 11 is 5.76. The molecule has 0 aliphatic carbocycles. The molecular weight excluding hydrogens is 207 g/mol. The van der Waals surface area contributed by atoms with E-state index in [-0.39, 0.29) is 12.2 Å². The minimum Gasteiger partial charge on any atom is -0.394 e. The Morgan fingerprint density at radius 2 is 2.14 bits per heavy atom. The molecule has 4 heteroatoms. The maximum atomic E-state index is 13.3. The molecule has 2 atom stereocenters. The molecule has 0 amide bonds. The molecule has 0 spiro atoms. The minimum atomic E-state index is -1.18. The van der Waals surface area contributed by atoms with Crippen molar-refractivity contribution >= 4 is 11.6 Å². The van der Waals surface area contributed by atoms with Gasteiger partial charge >= 0.3 is 0 Å². The van der Waals surface area contributed by atoms with Crippen LogP contribution in [0.1, 0.15) is 22.6 Å². The molecule has 1 rings (SSSR count).